The molecule has 1 aromatic carbocycles. The Morgan fingerprint density at radius 2 is 1.87 bits per heavy atom. The highest BCUT2D eigenvalue weighted by molar-refractivity contribution is 5.86. The Bertz CT molecular complexity index is 718. The lowest BCUT2D eigenvalue weighted by molar-refractivity contribution is -0.125. The average molecular weight is 314 g/mol. The first-order valence-corrected chi connectivity index (χ1v) is 8.45. The fourth-order valence-corrected chi connectivity index (χ4v) is 2.90. The van der Waals surface area contributed by atoms with E-state index in [1.165, 1.54) is 5.56 Å². The Balaban J connectivity index is 2.04. The van der Waals surface area contributed by atoms with Gasteiger partial charge in [-0.05, 0) is 61.6 Å². The molecule has 0 fully saturated rings. The Morgan fingerprint density at radius 1 is 1.22 bits per heavy atom. The van der Waals surface area contributed by atoms with E-state index in [9.17, 15) is 9.59 Å². The standard InChI is InChI=1S/C19H26N2O2/c1-5-14(6-2)18(22)20-8-7-15-11-16-9-12(3)13(4)10-17(16)21-19(15)23/h9-11,14-15H,5-8H2,1-4H3,(H,20,22). The quantitative estimate of drug-likeness (QED) is 0.870. The SMILES string of the molecule is CCC(CC)C(=O)NCCC1C=c2cc(C)c(C)cc2=NC1=O. The highest BCUT2D eigenvalue weighted by atomic mass is 16.2. The van der Waals surface area contributed by atoms with Gasteiger partial charge < -0.3 is 5.32 Å². The summed E-state index contributed by atoms with van der Waals surface area (Å²) in [7, 11) is 0. The maximum atomic E-state index is 12.2. The number of benzene rings is 1. The van der Waals surface area contributed by atoms with Gasteiger partial charge in [-0.2, -0.15) is 0 Å². The number of nitrogens with one attached hydrogen (secondary N) is 1. The van der Waals surface area contributed by atoms with Crippen LogP contribution in [0.4, 0.5) is 0 Å². The number of carbonyl (C=O) groups is 2. The second-order valence-electron chi connectivity index (χ2n) is 6.31. The zero-order valence-corrected chi connectivity index (χ0v) is 14.5. The molecule has 4 nitrogen and oxygen atoms in total. The van der Waals surface area contributed by atoms with Gasteiger partial charge in [0, 0.05) is 12.5 Å². The number of aryl methyl sites for hydroxylation is 2. The van der Waals surface area contributed by atoms with E-state index in [0.29, 0.717) is 13.0 Å². The number of hydrogen-bond donors (Lipinski definition) is 1. The molecule has 1 aliphatic rings. The number of fused-ring (bicyclic) bond motifs is 1. The van der Waals surface area contributed by atoms with Gasteiger partial charge in [-0.25, -0.2) is 4.99 Å². The van der Waals surface area contributed by atoms with Gasteiger partial charge in [-0.15, -0.1) is 0 Å². The molecule has 1 unspecified atom stereocenters. The summed E-state index contributed by atoms with van der Waals surface area (Å²) in [6, 6.07) is 4.04. The van der Waals surface area contributed by atoms with Crippen molar-refractivity contribution in [1.82, 2.24) is 5.32 Å². The van der Waals surface area contributed by atoms with Crippen LogP contribution in [0.15, 0.2) is 17.1 Å². The van der Waals surface area contributed by atoms with Gasteiger partial charge >= 0.3 is 0 Å². The topological polar surface area (TPSA) is 58.5 Å². The third-order valence-corrected chi connectivity index (χ3v) is 4.68. The number of carbonyl (C=O) groups excluding carboxylic acids is 2. The van der Waals surface area contributed by atoms with Crippen LogP contribution < -0.4 is 15.9 Å². The largest absolute Gasteiger partial charge is 0.356 e. The van der Waals surface area contributed by atoms with Crippen LogP contribution in [0.5, 0.6) is 0 Å². The Labute approximate surface area is 137 Å². The summed E-state index contributed by atoms with van der Waals surface area (Å²) >= 11 is 0. The van der Waals surface area contributed by atoms with Crippen LogP contribution in [0, 0.1) is 25.7 Å². The third kappa shape index (κ3) is 4.06. The molecule has 1 N–H and O–H groups in total. The minimum atomic E-state index is -0.244. The second-order valence-corrected chi connectivity index (χ2v) is 6.31. The van der Waals surface area contributed by atoms with Gasteiger partial charge in [0.15, 0.2) is 0 Å². The van der Waals surface area contributed by atoms with Crippen LogP contribution in [0.25, 0.3) is 6.08 Å². The summed E-state index contributed by atoms with van der Waals surface area (Å²) < 4.78 is 0. The maximum absolute atomic E-state index is 12.2. The minimum Gasteiger partial charge on any atom is -0.356 e. The molecule has 2 amide bonds. The Kier molecular flexibility index (Phi) is 5.69. The van der Waals surface area contributed by atoms with Crippen LogP contribution in [0.3, 0.4) is 0 Å². The Hall–Kier alpha value is -1.97. The molecule has 4 heteroatoms. The van der Waals surface area contributed by atoms with Crippen molar-refractivity contribution in [2.24, 2.45) is 16.8 Å². The molecule has 0 aliphatic carbocycles. The summed E-state index contributed by atoms with van der Waals surface area (Å²) in [4.78, 5) is 28.4. The minimum absolute atomic E-state index is 0.0667. The van der Waals surface area contributed by atoms with Gasteiger partial charge in [0.25, 0.3) is 5.91 Å². The fourth-order valence-electron chi connectivity index (χ4n) is 2.90. The smallest absolute Gasteiger partial charge is 0.253 e. The monoisotopic (exact) mass is 314 g/mol. The predicted molar refractivity (Wildman–Crippen MR) is 91.4 cm³/mol. The highest BCUT2D eigenvalue weighted by Crippen LogP contribution is 2.11. The van der Waals surface area contributed by atoms with Crippen LogP contribution in [-0.2, 0) is 9.59 Å². The van der Waals surface area contributed by atoms with Crippen molar-refractivity contribution < 1.29 is 9.59 Å². The van der Waals surface area contributed by atoms with E-state index < -0.39 is 0 Å². The molecule has 23 heavy (non-hydrogen) atoms. The van der Waals surface area contributed by atoms with E-state index >= 15 is 0 Å². The first-order valence-electron chi connectivity index (χ1n) is 8.45. The van der Waals surface area contributed by atoms with Crippen LogP contribution in [0.1, 0.15) is 44.2 Å². The predicted octanol–water partition coefficient (Wildman–Crippen LogP) is 1.80. The molecule has 0 aromatic heterocycles. The third-order valence-electron chi connectivity index (χ3n) is 4.68. The second kappa shape index (κ2) is 7.53. The molecule has 1 aromatic rings. The van der Waals surface area contributed by atoms with Gasteiger partial charge in [0.1, 0.15) is 0 Å². The van der Waals surface area contributed by atoms with E-state index in [1.807, 2.05) is 32.9 Å². The first kappa shape index (κ1) is 17.4. The van der Waals surface area contributed by atoms with Crippen molar-refractivity contribution >= 4 is 17.9 Å². The molecule has 1 atom stereocenters. The van der Waals surface area contributed by atoms with Gasteiger partial charge in [-0.3, -0.25) is 9.59 Å². The van der Waals surface area contributed by atoms with Crippen LogP contribution in [-0.4, -0.2) is 18.4 Å². The highest BCUT2D eigenvalue weighted by Gasteiger charge is 2.19. The molecule has 0 saturated carbocycles. The van der Waals surface area contributed by atoms with Crippen molar-refractivity contribution in [3.8, 4) is 0 Å². The van der Waals surface area contributed by atoms with Gasteiger partial charge in [0.2, 0.25) is 5.91 Å². The summed E-state index contributed by atoms with van der Waals surface area (Å²) in [6.45, 7) is 8.64. The number of hydrogen-bond acceptors (Lipinski definition) is 2. The molecule has 0 saturated heterocycles. The average Bonchev–Trinajstić information content (AvgIpc) is 2.51. The summed E-state index contributed by atoms with van der Waals surface area (Å²) in [5, 5.41) is 4.72. The number of nitrogens with zero attached hydrogens (tertiary/aromatic N) is 1. The van der Waals surface area contributed by atoms with Crippen molar-refractivity contribution in [3.63, 3.8) is 0 Å². The van der Waals surface area contributed by atoms with E-state index in [-0.39, 0.29) is 23.7 Å². The van der Waals surface area contributed by atoms with E-state index in [4.69, 9.17) is 0 Å². The Morgan fingerprint density at radius 3 is 2.52 bits per heavy atom. The molecule has 124 valence electrons. The molecule has 1 heterocycles. The van der Waals surface area contributed by atoms with Crippen LogP contribution >= 0.6 is 0 Å². The molecule has 1 aliphatic heterocycles. The normalized spacial score (nSPS) is 16.6. The lowest BCUT2D eigenvalue weighted by atomic mass is 9.98. The van der Waals surface area contributed by atoms with E-state index in [1.54, 1.807) is 0 Å². The summed E-state index contributed by atoms with van der Waals surface area (Å²) in [5.74, 6) is -0.205. The molecule has 0 radical (unpaired) electrons. The summed E-state index contributed by atoms with van der Waals surface area (Å²) in [6.07, 6.45) is 4.28. The lowest BCUT2D eigenvalue weighted by Gasteiger charge is -2.16. The number of rotatable bonds is 6. The molecule has 2 rings (SSSR count). The summed E-state index contributed by atoms with van der Waals surface area (Å²) in [5.41, 5.74) is 2.34. The number of amides is 2. The van der Waals surface area contributed by atoms with Gasteiger partial charge in [0.05, 0.1) is 11.3 Å². The van der Waals surface area contributed by atoms with Gasteiger partial charge in [-0.1, -0.05) is 19.9 Å². The van der Waals surface area contributed by atoms with Crippen molar-refractivity contribution in [3.05, 3.63) is 33.8 Å². The zero-order chi connectivity index (χ0) is 17.0. The van der Waals surface area contributed by atoms with E-state index in [2.05, 4.69) is 23.3 Å². The zero-order valence-electron chi connectivity index (χ0n) is 14.5. The first-order chi connectivity index (χ1) is 11.0. The van der Waals surface area contributed by atoms with Crippen molar-refractivity contribution in [2.75, 3.05) is 6.54 Å². The molecule has 0 spiro atoms. The molecular formula is C19H26N2O2. The lowest BCUT2D eigenvalue weighted by Crippen LogP contribution is -2.36. The van der Waals surface area contributed by atoms with Crippen LogP contribution in [0.2, 0.25) is 0 Å². The van der Waals surface area contributed by atoms with Crippen molar-refractivity contribution in [1.29, 1.82) is 0 Å². The fraction of sp³-hybridized carbons (Fsp3) is 0.526. The molecular weight excluding hydrogens is 288 g/mol. The molecule has 0 bridgehead atoms. The maximum Gasteiger partial charge on any atom is 0.253 e. The van der Waals surface area contributed by atoms with E-state index in [0.717, 1.165) is 29.0 Å². The van der Waals surface area contributed by atoms with Crippen molar-refractivity contribution in [2.45, 2.75) is 47.0 Å².